The number of hydrogen-bond donors (Lipinski definition) is 2. The molecule has 2 N–H and O–H groups in total. The van der Waals surface area contributed by atoms with Gasteiger partial charge < -0.3 is 5.32 Å². The number of likely N-dealkylation sites (tertiary alicyclic amines) is 1. The van der Waals surface area contributed by atoms with E-state index in [4.69, 9.17) is 0 Å². The molecule has 2 aliphatic rings. The summed E-state index contributed by atoms with van der Waals surface area (Å²) in [5, 5.41) is 14.5. The fraction of sp³-hybridized carbons (Fsp3) is 0.615. The van der Waals surface area contributed by atoms with Crippen molar-refractivity contribution in [1.82, 2.24) is 25.3 Å². The van der Waals surface area contributed by atoms with E-state index in [1.165, 1.54) is 18.4 Å². The van der Waals surface area contributed by atoms with E-state index in [2.05, 4.69) is 20.8 Å². The number of urea groups is 1. The third-order valence-corrected chi connectivity index (χ3v) is 4.97. The highest BCUT2D eigenvalue weighted by Crippen LogP contribution is 2.28. The maximum absolute atomic E-state index is 12.2. The number of amides is 4. The van der Waals surface area contributed by atoms with Crippen molar-refractivity contribution in [1.29, 1.82) is 0 Å². The molecular weight excluding hydrogens is 320 g/mol. The molecule has 1 spiro atoms. The molecule has 0 unspecified atom stereocenters. The molecular formula is C13H18N6O3S. The molecule has 2 saturated heterocycles. The van der Waals surface area contributed by atoms with E-state index in [1.807, 2.05) is 11.8 Å². The number of rotatable bonds is 3. The molecule has 0 aromatic carbocycles. The van der Waals surface area contributed by atoms with E-state index < -0.39 is 5.54 Å². The Morgan fingerprint density at radius 2 is 2.04 bits per heavy atom. The lowest BCUT2D eigenvalue weighted by Crippen LogP contribution is -2.55. The van der Waals surface area contributed by atoms with Crippen LogP contribution in [-0.4, -0.2) is 70.1 Å². The predicted octanol–water partition coefficient (Wildman–Crippen LogP) is -0.199. The Morgan fingerprint density at radius 3 is 2.57 bits per heavy atom. The number of aryl methyl sites for hydroxylation is 1. The van der Waals surface area contributed by atoms with Crippen molar-refractivity contribution in [3.63, 3.8) is 0 Å². The molecule has 3 heterocycles. The van der Waals surface area contributed by atoms with Crippen LogP contribution < -0.4 is 10.6 Å². The van der Waals surface area contributed by atoms with Gasteiger partial charge in [0.25, 0.3) is 5.91 Å². The van der Waals surface area contributed by atoms with Crippen LogP contribution in [0.2, 0.25) is 0 Å². The van der Waals surface area contributed by atoms with Gasteiger partial charge in [-0.25, -0.2) is 4.79 Å². The van der Waals surface area contributed by atoms with E-state index in [9.17, 15) is 14.4 Å². The van der Waals surface area contributed by atoms with Gasteiger partial charge in [0, 0.05) is 20.1 Å². The molecule has 124 valence electrons. The fourth-order valence-corrected chi connectivity index (χ4v) is 3.50. The number of aromatic nitrogens is 2. The predicted molar refractivity (Wildman–Crippen MR) is 83.0 cm³/mol. The highest BCUT2D eigenvalue weighted by molar-refractivity contribution is 7.15. The van der Waals surface area contributed by atoms with Crippen molar-refractivity contribution in [2.24, 2.45) is 0 Å². The molecule has 10 heteroatoms. The van der Waals surface area contributed by atoms with Gasteiger partial charge in [-0.05, 0) is 19.8 Å². The minimum atomic E-state index is -0.796. The summed E-state index contributed by atoms with van der Waals surface area (Å²) in [4.78, 5) is 38.9. The normalized spacial score (nSPS) is 20.9. The van der Waals surface area contributed by atoms with Gasteiger partial charge >= 0.3 is 6.03 Å². The van der Waals surface area contributed by atoms with Crippen molar-refractivity contribution in [2.45, 2.75) is 25.3 Å². The number of imide groups is 1. The lowest BCUT2D eigenvalue weighted by atomic mass is 9.87. The maximum Gasteiger partial charge on any atom is 0.324 e. The van der Waals surface area contributed by atoms with Gasteiger partial charge in [-0.1, -0.05) is 11.3 Å². The third kappa shape index (κ3) is 3.04. The van der Waals surface area contributed by atoms with E-state index in [1.54, 1.807) is 0 Å². The van der Waals surface area contributed by atoms with Gasteiger partial charge in [-0.3, -0.25) is 24.7 Å². The van der Waals surface area contributed by atoms with Crippen LogP contribution in [-0.2, 0) is 9.59 Å². The number of carbonyl (C=O) groups excluding carboxylic acids is 3. The topological polar surface area (TPSA) is 108 Å². The molecule has 0 bridgehead atoms. The molecule has 4 amide bonds. The Bertz CT molecular complexity index is 652. The van der Waals surface area contributed by atoms with Crippen molar-refractivity contribution in [3.8, 4) is 0 Å². The maximum atomic E-state index is 12.2. The molecule has 3 rings (SSSR count). The van der Waals surface area contributed by atoms with Crippen LogP contribution in [0.15, 0.2) is 0 Å². The van der Waals surface area contributed by atoms with E-state index in [0.717, 1.165) is 9.91 Å². The highest BCUT2D eigenvalue weighted by atomic mass is 32.1. The zero-order valence-corrected chi connectivity index (χ0v) is 13.8. The summed E-state index contributed by atoms with van der Waals surface area (Å²) in [5.41, 5.74) is -0.796. The van der Waals surface area contributed by atoms with Crippen LogP contribution in [0.4, 0.5) is 9.93 Å². The van der Waals surface area contributed by atoms with E-state index in [0.29, 0.717) is 31.1 Å². The smallest absolute Gasteiger partial charge is 0.323 e. The Balaban J connectivity index is 1.52. The first-order chi connectivity index (χ1) is 10.9. The largest absolute Gasteiger partial charge is 0.324 e. The van der Waals surface area contributed by atoms with Gasteiger partial charge in [0.1, 0.15) is 10.5 Å². The minimum absolute atomic E-state index is 0.156. The molecule has 23 heavy (non-hydrogen) atoms. The Labute approximate surface area is 137 Å². The summed E-state index contributed by atoms with van der Waals surface area (Å²) in [6.45, 7) is 3.19. The van der Waals surface area contributed by atoms with Gasteiger partial charge in [-0.2, -0.15) is 0 Å². The van der Waals surface area contributed by atoms with Crippen LogP contribution >= 0.6 is 11.3 Å². The average molecular weight is 338 g/mol. The van der Waals surface area contributed by atoms with Crippen LogP contribution in [0.3, 0.4) is 0 Å². The van der Waals surface area contributed by atoms with Crippen molar-refractivity contribution in [3.05, 3.63) is 5.01 Å². The lowest BCUT2D eigenvalue weighted by Gasteiger charge is -2.36. The van der Waals surface area contributed by atoms with Gasteiger partial charge in [0.05, 0.1) is 6.54 Å². The first-order valence-electron chi connectivity index (χ1n) is 7.32. The second kappa shape index (κ2) is 5.85. The second-order valence-electron chi connectivity index (χ2n) is 5.83. The minimum Gasteiger partial charge on any atom is -0.323 e. The molecule has 0 radical (unpaired) electrons. The number of nitrogens with zero attached hydrogens (tertiary/aromatic N) is 4. The van der Waals surface area contributed by atoms with Gasteiger partial charge in [0.2, 0.25) is 11.0 Å². The zero-order chi connectivity index (χ0) is 16.6. The summed E-state index contributed by atoms with van der Waals surface area (Å²) < 4.78 is 0. The van der Waals surface area contributed by atoms with Crippen molar-refractivity contribution in [2.75, 3.05) is 32.0 Å². The number of carbonyl (C=O) groups is 3. The van der Waals surface area contributed by atoms with Crippen molar-refractivity contribution < 1.29 is 14.4 Å². The summed E-state index contributed by atoms with van der Waals surface area (Å²) in [7, 11) is 1.48. The summed E-state index contributed by atoms with van der Waals surface area (Å²) in [6, 6.07) is -0.354. The third-order valence-electron chi connectivity index (χ3n) is 4.21. The Hall–Kier alpha value is -2.07. The van der Waals surface area contributed by atoms with Gasteiger partial charge in [0.15, 0.2) is 0 Å². The molecule has 1 aromatic heterocycles. The highest BCUT2D eigenvalue weighted by Gasteiger charge is 2.50. The molecule has 2 aliphatic heterocycles. The van der Waals surface area contributed by atoms with Crippen LogP contribution in [0.5, 0.6) is 0 Å². The molecule has 0 atom stereocenters. The first-order valence-corrected chi connectivity index (χ1v) is 8.14. The van der Waals surface area contributed by atoms with E-state index in [-0.39, 0.29) is 24.4 Å². The molecule has 0 saturated carbocycles. The van der Waals surface area contributed by atoms with E-state index >= 15 is 0 Å². The summed E-state index contributed by atoms with van der Waals surface area (Å²) in [6.07, 6.45) is 1.01. The molecule has 9 nitrogen and oxygen atoms in total. The lowest BCUT2D eigenvalue weighted by molar-refractivity contribution is -0.132. The Kier molecular flexibility index (Phi) is 4.02. The summed E-state index contributed by atoms with van der Waals surface area (Å²) in [5.74, 6) is -0.341. The standard InChI is InChI=1S/C13H18N6O3S/c1-8-16-17-11(23-8)14-9(20)7-19-5-3-13(4-6-19)10(21)18(2)12(22)15-13/h3-7H2,1-2H3,(H,15,22)(H,14,17,20). The number of hydrogen-bond acceptors (Lipinski definition) is 7. The van der Waals surface area contributed by atoms with Crippen LogP contribution in [0.25, 0.3) is 0 Å². The zero-order valence-electron chi connectivity index (χ0n) is 13.0. The molecule has 1 aromatic rings. The monoisotopic (exact) mass is 338 g/mol. The molecule has 2 fully saturated rings. The SMILES string of the molecule is Cc1nnc(NC(=O)CN2CCC3(CC2)NC(=O)N(C)C3=O)s1. The number of likely N-dealkylation sites (N-methyl/N-ethyl adjacent to an activating group) is 1. The van der Waals surface area contributed by atoms with Crippen molar-refractivity contribution >= 4 is 34.3 Å². The van der Waals surface area contributed by atoms with Gasteiger partial charge in [-0.15, -0.1) is 10.2 Å². The molecule has 0 aliphatic carbocycles. The number of anilines is 1. The number of nitrogens with one attached hydrogen (secondary N) is 2. The quantitative estimate of drug-likeness (QED) is 0.739. The van der Waals surface area contributed by atoms with Crippen LogP contribution in [0.1, 0.15) is 17.8 Å². The Morgan fingerprint density at radius 1 is 1.35 bits per heavy atom. The number of piperidine rings is 1. The second-order valence-corrected chi connectivity index (χ2v) is 7.01. The fourth-order valence-electron chi connectivity index (χ4n) is 2.90. The first kappa shape index (κ1) is 15.8. The van der Waals surface area contributed by atoms with Crippen LogP contribution in [0, 0.1) is 6.92 Å². The summed E-state index contributed by atoms with van der Waals surface area (Å²) >= 11 is 1.32. The average Bonchev–Trinajstić information content (AvgIpc) is 3.00.